The average Bonchev–Trinajstić information content (AvgIpc) is 2.23. The number of hydrogen-bond acceptors (Lipinski definition) is 2. The van der Waals surface area contributed by atoms with Crippen molar-refractivity contribution in [2.75, 3.05) is 6.54 Å². The van der Waals surface area contributed by atoms with Gasteiger partial charge in [0, 0.05) is 12.6 Å². The Morgan fingerprint density at radius 2 is 1.94 bits per heavy atom. The van der Waals surface area contributed by atoms with Crippen molar-refractivity contribution < 1.29 is 4.79 Å². The van der Waals surface area contributed by atoms with E-state index in [1.54, 1.807) is 13.8 Å². The van der Waals surface area contributed by atoms with Crippen molar-refractivity contribution in [3.8, 4) is 6.07 Å². The van der Waals surface area contributed by atoms with Crippen LogP contribution in [0.5, 0.6) is 0 Å². The Morgan fingerprint density at radius 1 is 1.38 bits per heavy atom. The standard InChI is InChI=1S/C13H24N2O/c1-6-7-8-9-15(11(2)3)12(16)13(4,5)10-14/h11H,6-9H2,1-5H3. The molecule has 3 heteroatoms. The van der Waals surface area contributed by atoms with Crippen LogP contribution in [0.25, 0.3) is 0 Å². The Morgan fingerprint density at radius 3 is 2.31 bits per heavy atom. The number of nitriles is 1. The van der Waals surface area contributed by atoms with E-state index in [4.69, 9.17) is 5.26 Å². The molecule has 0 N–H and O–H groups in total. The van der Waals surface area contributed by atoms with E-state index in [9.17, 15) is 4.79 Å². The zero-order valence-corrected chi connectivity index (χ0v) is 11.2. The van der Waals surface area contributed by atoms with Crippen molar-refractivity contribution in [1.82, 2.24) is 4.90 Å². The first-order valence-corrected chi connectivity index (χ1v) is 6.09. The predicted molar refractivity (Wildman–Crippen MR) is 65.8 cm³/mol. The Kier molecular flexibility index (Phi) is 6.10. The average molecular weight is 224 g/mol. The fourth-order valence-corrected chi connectivity index (χ4v) is 1.53. The topological polar surface area (TPSA) is 44.1 Å². The number of nitrogens with zero attached hydrogens (tertiary/aromatic N) is 2. The number of carbonyl (C=O) groups is 1. The maximum atomic E-state index is 12.1. The van der Waals surface area contributed by atoms with Crippen molar-refractivity contribution in [3.63, 3.8) is 0 Å². The maximum absolute atomic E-state index is 12.1. The highest BCUT2D eigenvalue weighted by Crippen LogP contribution is 2.19. The normalized spacial score (nSPS) is 11.3. The van der Waals surface area contributed by atoms with Crippen LogP contribution in [0.1, 0.15) is 53.9 Å². The summed E-state index contributed by atoms with van der Waals surface area (Å²) in [5.41, 5.74) is -0.906. The van der Waals surface area contributed by atoms with Crippen molar-refractivity contribution in [2.45, 2.75) is 59.9 Å². The molecule has 0 aromatic rings. The van der Waals surface area contributed by atoms with Gasteiger partial charge < -0.3 is 4.90 Å². The molecule has 1 amide bonds. The lowest BCUT2D eigenvalue weighted by Crippen LogP contribution is -2.44. The zero-order valence-electron chi connectivity index (χ0n) is 11.2. The van der Waals surface area contributed by atoms with E-state index in [0.717, 1.165) is 25.8 Å². The van der Waals surface area contributed by atoms with Gasteiger partial charge in [0.05, 0.1) is 6.07 Å². The molecule has 0 atom stereocenters. The first-order valence-electron chi connectivity index (χ1n) is 6.09. The third-order valence-corrected chi connectivity index (χ3v) is 2.70. The Balaban J connectivity index is 4.55. The van der Waals surface area contributed by atoms with Gasteiger partial charge in [-0.05, 0) is 34.1 Å². The second-order valence-corrected chi connectivity index (χ2v) is 5.04. The molecule has 0 unspecified atom stereocenters. The highest BCUT2D eigenvalue weighted by molar-refractivity contribution is 5.84. The van der Waals surface area contributed by atoms with E-state index in [-0.39, 0.29) is 11.9 Å². The van der Waals surface area contributed by atoms with Gasteiger partial charge in [-0.2, -0.15) is 5.26 Å². The van der Waals surface area contributed by atoms with Gasteiger partial charge in [-0.3, -0.25) is 4.79 Å². The summed E-state index contributed by atoms with van der Waals surface area (Å²) in [5, 5.41) is 8.97. The van der Waals surface area contributed by atoms with E-state index >= 15 is 0 Å². The molecule has 0 radical (unpaired) electrons. The van der Waals surface area contributed by atoms with Gasteiger partial charge in [-0.1, -0.05) is 19.8 Å². The first kappa shape index (κ1) is 15.0. The number of amides is 1. The molecule has 0 saturated heterocycles. The largest absolute Gasteiger partial charge is 0.339 e. The van der Waals surface area contributed by atoms with Gasteiger partial charge in [0.2, 0.25) is 5.91 Å². The molecule has 0 aliphatic rings. The van der Waals surface area contributed by atoms with Crippen LogP contribution >= 0.6 is 0 Å². The summed E-state index contributed by atoms with van der Waals surface area (Å²) in [5.74, 6) is -0.0545. The highest BCUT2D eigenvalue weighted by atomic mass is 16.2. The molecule has 0 saturated carbocycles. The molecule has 0 fully saturated rings. The van der Waals surface area contributed by atoms with Gasteiger partial charge >= 0.3 is 0 Å². The molecule has 0 spiro atoms. The van der Waals surface area contributed by atoms with Gasteiger partial charge in [0.1, 0.15) is 5.41 Å². The highest BCUT2D eigenvalue weighted by Gasteiger charge is 2.32. The lowest BCUT2D eigenvalue weighted by molar-refractivity contribution is -0.139. The Hall–Kier alpha value is -1.04. The quantitative estimate of drug-likeness (QED) is 0.651. The fraction of sp³-hybridized carbons (Fsp3) is 0.846. The van der Waals surface area contributed by atoms with Crippen LogP contribution in [0.3, 0.4) is 0 Å². The minimum absolute atomic E-state index is 0.0545. The third kappa shape index (κ3) is 4.22. The lowest BCUT2D eigenvalue weighted by Gasteiger charge is -2.31. The number of rotatable bonds is 6. The summed E-state index contributed by atoms with van der Waals surface area (Å²) in [6, 6.07) is 2.24. The maximum Gasteiger partial charge on any atom is 0.242 e. The fourth-order valence-electron chi connectivity index (χ4n) is 1.53. The van der Waals surface area contributed by atoms with Gasteiger partial charge in [0.25, 0.3) is 0 Å². The monoisotopic (exact) mass is 224 g/mol. The van der Waals surface area contributed by atoms with Crippen LogP contribution in [0.4, 0.5) is 0 Å². The molecule has 0 aliphatic heterocycles. The Labute approximate surface area is 99.4 Å². The molecule has 16 heavy (non-hydrogen) atoms. The van der Waals surface area contributed by atoms with Crippen molar-refractivity contribution in [3.05, 3.63) is 0 Å². The molecule has 0 bridgehead atoms. The van der Waals surface area contributed by atoms with Gasteiger partial charge in [-0.25, -0.2) is 0 Å². The van der Waals surface area contributed by atoms with Crippen LogP contribution in [0.15, 0.2) is 0 Å². The summed E-state index contributed by atoms with van der Waals surface area (Å²) in [6.07, 6.45) is 3.28. The molecule has 0 aliphatic carbocycles. The van der Waals surface area contributed by atoms with Crippen LogP contribution in [-0.4, -0.2) is 23.4 Å². The van der Waals surface area contributed by atoms with Crippen molar-refractivity contribution >= 4 is 5.91 Å². The molecular formula is C13H24N2O. The predicted octanol–water partition coefficient (Wildman–Crippen LogP) is 2.96. The summed E-state index contributed by atoms with van der Waals surface area (Å²) in [7, 11) is 0. The zero-order chi connectivity index (χ0) is 12.8. The van der Waals surface area contributed by atoms with Gasteiger partial charge in [-0.15, -0.1) is 0 Å². The second-order valence-electron chi connectivity index (χ2n) is 5.04. The summed E-state index contributed by atoms with van der Waals surface area (Å²) in [4.78, 5) is 14.0. The number of carbonyl (C=O) groups excluding carboxylic acids is 1. The minimum atomic E-state index is -0.906. The lowest BCUT2D eigenvalue weighted by atomic mass is 9.93. The molecule has 0 heterocycles. The Bertz CT molecular complexity index is 264. The van der Waals surface area contributed by atoms with Crippen LogP contribution in [0.2, 0.25) is 0 Å². The summed E-state index contributed by atoms with van der Waals surface area (Å²) in [6.45, 7) is 10.3. The van der Waals surface area contributed by atoms with E-state index in [0.29, 0.717) is 0 Å². The number of hydrogen-bond donors (Lipinski definition) is 0. The molecule has 0 rings (SSSR count). The molecule has 3 nitrogen and oxygen atoms in total. The van der Waals surface area contributed by atoms with Crippen molar-refractivity contribution in [1.29, 1.82) is 5.26 Å². The van der Waals surface area contributed by atoms with Gasteiger partial charge in [0.15, 0.2) is 0 Å². The second kappa shape index (κ2) is 6.52. The molecular weight excluding hydrogens is 200 g/mol. The molecule has 0 aromatic carbocycles. The molecule has 0 aromatic heterocycles. The first-order chi connectivity index (χ1) is 7.36. The molecule has 92 valence electrons. The smallest absolute Gasteiger partial charge is 0.242 e. The summed E-state index contributed by atoms with van der Waals surface area (Å²) < 4.78 is 0. The van der Waals surface area contributed by atoms with Crippen LogP contribution in [0, 0.1) is 16.7 Å². The van der Waals surface area contributed by atoms with Crippen molar-refractivity contribution in [2.24, 2.45) is 5.41 Å². The SMILES string of the molecule is CCCCCN(C(=O)C(C)(C)C#N)C(C)C. The minimum Gasteiger partial charge on any atom is -0.339 e. The van der Waals surface area contributed by atoms with E-state index in [1.165, 1.54) is 0 Å². The van der Waals surface area contributed by atoms with E-state index < -0.39 is 5.41 Å². The number of unbranched alkanes of at least 4 members (excludes halogenated alkanes) is 2. The van der Waals surface area contributed by atoms with E-state index in [1.807, 2.05) is 18.7 Å². The van der Waals surface area contributed by atoms with Crippen LogP contribution < -0.4 is 0 Å². The van der Waals surface area contributed by atoms with Crippen LogP contribution in [-0.2, 0) is 4.79 Å². The third-order valence-electron chi connectivity index (χ3n) is 2.70. The van der Waals surface area contributed by atoms with E-state index in [2.05, 4.69) is 13.0 Å². The summed E-state index contributed by atoms with van der Waals surface area (Å²) >= 11 is 0.